The van der Waals surface area contributed by atoms with Crippen LogP contribution in [0, 0.1) is 18.6 Å². The van der Waals surface area contributed by atoms with Crippen LogP contribution >= 0.6 is 15.9 Å². The number of aromatic amines is 1. The van der Waals surface area contributed by atoms with E-state index in [4.69, 9.17) is 4.74 Å². The van der Waals surface area contributed by atoms with Gasteiger partial charge in [-0.25, -0.2) is 13.8 Å². The maximum atomic E-state index is 13.9. The number of hydrogen-bond acceptors (Lipinski definition) is 5. The Morgan fingerprint density at radius 2 is 2.03 bits per heavy atom. The molecule has 0 atom stereocenters. The van der Waals surface area contributed by atoms with Crippen molar-refractivity contribution in [2.75, 3.05) is 7.05 Å². The highest BCUT2D eigenvalue weighted by Crippen LogP contribution is 2.30. The number of aromatic nitrogens is 3. The fourth-order valence-electron chi connectivity index (χ4n) is 2.73. The van der Waals surface area contributed by atoms with E-state index in [9.17, 15) is 18.4 Å². The zero-order chi connectivity index (χ0) is 21.8. The number of aryl methyl sites for hydroxylation is 1. The van der Waals surface area contributed by atoms with Gasteiger partial charge in [0.25, 0.3) is 11.5 Å². The summed E-state index contributed by atoms with van der Waals surface area (Å²) in [7, 11) is 1.49. The Labute approximate surface area is 178 Å². The summed E-state index contributed by atoms with van der Waals surface area (Å²) in [6.45, 7) is 1.49. The van der Waals surface area contributed by atoms with Crippen LogP contribution in [0.1, 0.15) is 33.0 Å². The van der Waals surface area contributed by atoms with Crippen LogP contribution < -0.4 is 15.6 Å². The number of pyridine rings is 1. The Morgan fingerprint density at radius 1 is 1.27 bits per heavy atom. The van der Waals surface area contributed by atoms with Crippen LogP contribution in [-0.2, 0) is 13.0 Å². The Bertz CT molecular complexity index is 1150. The maximum absolute atomic E-state index is 13.9. The Hall–Kier alpha value is -3.14. The summed E-state index contributed by atoms with van der Waals surface area (Å²) in [5, 5.41) is 2.46. The lowest BCUT2D eigenvalue weighted by Crippen LogP contribution is -2.19. The van der Waals surface area contributed by atoms with E-state index in [1.54, 1.807) is 6.92 Å². The smallest absolute Gasteiger partial charge is 0.271 e. The SMILES string of the molecule is CNC(=O)c1cnc(Cc2c(C)[nH]c(=O)c(Br)c2OCc2ccc(F)cc2F)cn1. The molecule has 2 N–H and O–H groups in total. The van der Waals surface area contributed by atoms with Crippen LogP contribution in [-0.4, -0.2) is 27.9 Å². The van der Waals surface area contributed by atoms with Crippen LogP contribution in [0.5, 0.6) is 5.75 Å². The minimum absolute atomic E-state index is 0.139. The number of hydrogen-bond donors (Lipinski definition) is 2. The van der Waals surface area contributed by atoms with Crippen LogP contribution in [0.3, 0.4) is 0 Å². The third-order valence-corrected chi connectivity index (χ3v) is 5.06. The quantitative estimate of drug-likeness (QED) is 0.567. The molecule has 0 unspecified atom stereocenters. The van der Waals surface area contributed by atoms with Crippen molar-refractivity contribution in [2.45, 2.75) is 20.0 Å². The molecule has 0 spiro atoms. The number of amides is 1. The summed E-state index contributed by atoms with van der Waals surface area (Å²) in [6, 6.07) is 3.17. The summed E-state index contributed by atoms with van der Waals surface area (Å²) in [5.74, 6) is -1.58. The average Bonchev–Trinajstić information content (AvgIpc) is 2.72. The van der Waals surface area contributed by atoms with Crippen molar-refractivity contribution in [1.29, 1.82) is 0 Å². The summed E-state index contributed by atoms with van der Waals surface area (Å²) in [6.07, 6.45) is 3.04. The molecule has 0 bridgehead atoms. The maximum Gasteiger partial charge on any atom is 0.271 e. The van der Waals surface area contributed by atoms with Gasteiger partial charge in [-0.1, -0.05) is 0 Å². The molecule has 2 aromatic heterocycles. The number of carbonyl (C=O) groups excluding carboxylic acids is 1. The zero-order valence-corrected chi connectivity index (χ0v) is 17.6. The topological polar surface area (TPSA) is 97.0 Å². The second-order valence-electron chi connectivity index (χ2n) is 6.37. The van der Waals surface area contributed by atoms with Gasteiger partial charge in [0.2, 0.25) is 0 Å². The highest BCUT2D eigenvalue weighted by Gasteiger charge is 2.18. The largest absolute Gasteiger partial charge is 0.487 e. The lowest BCUT2D eigenvalue weighted by molar-refractivity contribution is 0.0957. The predicted octanol–water partition coefficient (Wildman–Crippen LogP) is 3.04. The first-order valence-electron chi connectivity index (χ1n) is 8.81. The first kappa shape index (κ1) is 21.6. The lowest BCUT2D eigenvalue weighted by Gasteiger charge is -2.15. The van der Waals surface area contributed by atoms with Gasteiger partial charge in [0.15, 0.2) is 0 Å². The molecule has 0 aliphatic rings. The first-order chi connectivity index (χ1) is 14.3. The number of benzene rings is 1. The van der Waals surface area contributed by atoms with Gasteiger partial charge in [0, 0.05) is 42.6 Å². The highest BCUT2D eigenvalue weighted by atomic mass is 79.9. The van der Waals surface area contributed by atoms with Gasteiger partial charge in [-0.15, -0.1) is 0 Å². The molecule has 0 fully saturated rings. The minimum atomic E-state index is -0.745. The molecule has 0 radical (unpaired) electrons. The molecule has 0 aliphatic heterocycles. The lowest BCUT2D eigenvalue weighted by atomic mass is 10.1. The number of carbonyl (C=O) groups is 1. The van der Waals surface area contributed by atoms with Gasteiger partial charge in [-0.2, -0.15) is 0 Å². The van der Waals surface area contributed by atoms with Gasteiger partial charge >= 0.3 is 0 Å². The third-order valence-electron chi connectivity index (χ3n) is 4.34. The molecule has 156 valence electrons. The summed E-state index contributed by atoms with van der Waals surface area (Å²) < 4.78 is 32.9. The van der Waals surface area contributed by atoms with E-state index in [1.807, 2.05) is 0 Å². The second-order valence-corrected chi connectivity index (χ2v) is 7.17. The number of nitrogens with one attached hydrogen (secondary N) is 2. The molecule has 0 saturated carbocycles. The van der Waals surface area contributed by atoms with Crippen LogP contribution in [0.4, 0.5) is 8.78 Å². The molecular formula is C20H17BrF2N4O3. The fourth-order valence-corrected chi connectivity index (χ4v) is 3.18. The van der Waals surface area contributed by atoms with Crippen molar-refractivity contribution >= 4 is 21.8 Å². The van der Waals surface area contributed by atoms with Gasteiger partial charge in [0.05, 0.1) is 11.9 Å². The molecule has 3 aromatic rings. The van der Waals surface area contributed by atoms with E-state index in [1.165, 1.54) is 25.5 Å². The Morgan fingerprint density at radius 3 is 2.67 bits per heavy atom. The third kappa shape index (κ3) is 4.70. The van der Waals surface area contributed by atoms with Crippen LogP contribution in [0.15, 0.2) is 39.9 Å². The molecule has 2 heterocycles. The molecule has 0 aliphatic carbocycles. The Kier molecular flexibility index (Phi) is 6.56. The van der Waals surface area contributed by atoms with E-state index in [-0.39, 0.29) is 40.4 Å². The summed E-state index contributed by atoms with van der Waals surface area (Å²) >= 11 is 3.21. The molecule has 7 nitrogen and oxygen atoms in total. The van der Waals surface area contributed by atoms with Gasteiger partial charge in [-0.05, 0) is 35.0 Å². The Balaban J connectivity index is 1.91. The van der Waals surface area contributed by atoms with Crippen molar-refractivity contribution in [1.82, 2.24) is 20.3 Å². The van der Waals surface area contributed by atoms with E-state index in [0.717, 1.165) is 12.1 Å². The number of halogens is 3. The monoisotopic (exact) mass is 478 g/mol. The molecule has 0 saturated heterocycles. The molecule has 3 rings (SSSR count). The van der Waals surface area contributed by atoms with E-state index >= 15 is 0 Å². The van der Waals surface area contributed by atoms with Gasteiger partial charge in [0.1, 0.15) is 34.2 Å². The van der Waals surface area contributed by atoms with Gasteiger partial charge in [-0.3, -0.25) is 14.6 Å². The molecule has 1 aromatic carbocycles. The first-order valence-corrected chi connectivity index (χ1v) is 9.60. The van der Waals surface area contributed by atoms with Crippen molar-refractivity contribution in [3.05, 3.63) is 85.3 Å². The van der Waals surface area contributed by atoms with E-state index in [2.05, 4.69) is 36.2 Å². The molecule has 30 heavy (non-hydrogen) atoms. The summed E-state index contributed by atoms with van der Waals surface area (Å²) in [4.78, 5) is 34.8. The number of rotatable bonds is 6. The van der Waals surface area contributed by atoms with Crippen molar-refractivity contribution in [3.8, 4) is 5.75 Å². The average molecular weight is 479 g/mol. The van der Waals surface area contributed by atoms with E-state index < -0.39 is 17.2 Å². The minimum Gasteiger partial charge on any atom is -0.487 e. The molecule has 10 heteroatoms. The van der Waals surface area contributed by atoms with Crippen molar-refractivity contribution in [2.24, 2.45) is 0 Å². The number of H-pyrrole nitrogens is 1. The predicted molar refractivity (Wildman–Crippen MR) is 108 cm³/mol. The van der Waals surface area contributed by atoms with Crippen LogP contribution in [0.2, 0.25) is 0 Å². The molecular weight excluding hydrogens is 462 g/mol. The van der Waals surface area contributed by atoms with Crippen molar-refractivity contribution < 1.29 is 18.3 Å². The van der Waals surface area contributed by atoms with Crippen LogP contribution in [0.25, 0.3) is 0 Å². The summed E-state index contributed by atoms with van der Waals surface area (Å²) in [5.41, 5.74) is 1.57. The second kappa shape index (κ2) is 9.12. The van der Waals surface area contributed by atoms with Gasteiger partial charge < -0.3 is 15.0 Å². The fraction of sp³-hybridized carbons (Fsp3) is 0.200. The normalized spacial score (nSPS) is 10.7. The molecule has 1 amide bonds. The number of nitrogens with zero attached hydrogens (tertiary/aromatic N) is 2. The zero-order valence-electron chi connectivity index (χ0n) is 16.1. The van der Waals surface area contributed by atoms with Crippen molar-refractivity contribution in [3.63, 3.8) is 0 Å². The highest BCUT2D eigenvalue weighted by molar-refractivity contribution is 9.10. The van der Waals surface area contributed by atoms with E-state index in [0.29, 0.717) is 17.0 Å². The standard InChI is InChI=1S/C20H17BrF2N4O3/c1-10-14(6-13-7-26-16(8-25-13)19(28)24-2)18(17(21)20(29)27-10)30-9-11-3-4-12(22)5-15(11)23/h3-5,7-8H,6,9H2,1-2H3,(H,24,28)(H,27,29). The number of ether oxygens (including phenoxy) is 1.